The Morgan fingerprint density at radius 3 is 2.44 bits per heavy atom. The van der Waals surface area contributed by atoms with E-state index < -0.39 is 5.60 Å². The summed E-state index contributed by atoms with van der Waals surface area (Å²) < 4.78 is 10.9. The first-order valence-electron chi connectivity index (χ1n) is 9.55. The standard InChI is InChI=1S/C21H34N2O4/c1-7-23(20(25)27-21(4,5)6)14-17-10-8-9-11-18(17)22-19(24)12-13-26-15-16(2)3/h8-11,16H,7,12-15H2,1-6H3,(H,22,24). The molecular formula is C21H34N2O4. The first-order chi connectivity index (χ1) is 12.6. The number of amides is 2. The molecule has 0 fully saturated rings. The fourth-order valence-corrected chi connectivity index (χ4v) is 2.31. The molecule has 0 aromatic heterocycles. The quantitative estimate of drug-likeness (QED) is 0.645. The number of carbonyl (C=O) groups excluding carboxylic acids is 2. The molecule has 6 nitrogen and oxygen atoms in total. The normalized spacial score (nSPS) is 11.4. The summed E-state index contributed by atoms with van der Waals surface area (Å²) in [5.41, 5.74) is 1.02. The highest BCUT2D eigenvalue weighted by Crippen LogP contribution is 2.19. The molecule has 152 valence electrons. The van der Waals surface area contributed by atoms with Crippen molar-refractivity contribution in [3.8, 4) is 0 Å². The van der Waals surface area contributed by atoms with E-state index in [-0.39, 0.29) is 12.0 Å². The second-order valence-electron chi connectivity index (χ2n) is 7.92. The molecule has 27 heavy (non-hydrogen) atoms. The molecule has 0 aliphatic heterocycles. The van der Waals surface area contributed by atoms with Crippen molar-refractivity contribution in [1.29, 1.82) is 0 Å². The highest BCUT2D eigenvalue weighted by molar-refractivity contribution is 5.91. The number of nitrogens with one attached hydrogen (secondary N) is 1. The number of nitrogens with zero attached hydrogens (tertiary/aromatic N) is 1. The van der Waals surface area contributed by atoms with E-state index in [4.69, 9.17) is 9.47 Å². The third-order valence-electron chi connectivity index (χ3n) is 3.61. The Labute approximate surface area is 163 Å². The lowest BCUT2D eigenvalue weighted by molar-refractivity contribution is -0.117. The summed E-state index contributed by atoms with van der Waals surface area (Å²) in [6.07, 6.45) is -0.0712. The minimum Gasteiger partial charge on any atom is -0.444 e. The van der Waals surface area contributed by atoms with Crippen LogP contribution in [-0.2, 0) is 20.8 Å². The van der Waals surface area contributed by atoms with Crippen molar-refractivity contribution in [2.45, 2.75) is 60.1 Å². The average Bonchev–Trinajstić information content (AvgIpc) is 2.56. The predicted molar refractivity (Wildman–Crippen MR) is 108 cm³/mol. The second-order valence-corrected chi connectivity index (χ2v) is 7.92. The summed E-state index contributed by atoms with van der Waals surface area (Å²) in [6, 6.07) is 7.49. The molecule has 0 heterocycles. The van der Waals surface area contributed by atoms with Gasteiger partial charge in [-0.25, -0.2) is 4.79 Å². The zero-order valence-electron chi connectivity index (χ0n) is 17.5. The SMILES string of the molecule is CCN(Cc1ccccc1NC(=O)CCOCC(C)C)C(=O)OC(C)(C)C. The number of hydrogen-bond acceptors (Lipinski definition) is 4. The van der Waals surface area contributed by atoms with E-state index in [1.807, 2.05) is 52.0 Å². The van der Waals surface area contributed by atoms with Gasteiger partial charge in [0.1, 0.15) is 5.60 Å². The molecular weight excluding hydrogens is 344 g/mol. The Hall–Kier alpha value is -2.08. The van der Waals surface area contributed by atoms with E-state index in [2.05, 4.69) is 19.2 Å². The molecule has 0 bridgehead atoms. The van der Waals surface area contributed by atoms with Gasteiger partial charge >= 0.3 is 6.09 Å². The fraction of sp³-hybridized carbons (Fsp3) is 0.619. The molecule has 0 aliphatic rings. The van der Waals surface area contributed by atoms with Crippen molar-refractivity contribution in [2.24, 2.45) is 5.92 Å². The third-order valence-corrected chi connectivity index (χ3v) is 3.61. The molecule has 1 rings (SSSR count). The van der Waals surface area contributed by atoms with E-state index in [1.165, 1.54) is 0 Å². The highest BCUT2D eigenvalue weighted by Gasteiger charge is 2.22. The van der Waals surface area contributed by atoms with Crippen molar-refractivity contribution in [3.05, 3.63) is 29.8 Å². The molecule has 0 atom stereocenters. The maximum Gasteiger partial charge on any atom is 0.410 e. The number of para-hydroxylation sites is 1. The van der Waals surface area contributed by atoms with Crippen LogP contribution in [0, 0.1) is 5.92 Å². The molecule has 0 radical (unpaired) electrons. The zero-order chi connectivity index (χ0) is 20.4. The number of rotatable bonds is 9. The number of ether oxygens (including phenoxy) is 2. The van der Waals surface area contributed by atoms with Crippen molar-refractivity contribution in [1.82, 2.24) is 4.90 Å². The van der Waals surface area contributed by atoms with Crippen LogP contribution in [0.2, 0.25) is 0 Å². The lowest BCUT2D eigenvalue weighted by Crippen LogP contribution is -2.36. The van der Waals surface area contributed by atoms with E-state index in [0.717, 1.165) is 5.56 Å². The van der Waals surface area contributed by atoms with Gasteiger partial charge in [0.2, 0.25) is 5.91 Å². The van der Waals surface area contributed by atoms with Crippen LogP contribution < -0.4 is 5.32 Å². The predicted octanol–water partition coefficient (Wildman–Crippen LogP) is 4.44. The molecule has 6 heteroatoms. The Morgan fingerprint density at radius 1 is 1.19 bits per heavy atom. The molecule has 0 saturated carbocycles. The summed E-state index contributed by atoms with van der Waals surface area (Å²) in [5, 5.41) is 2.92. The van der Waals surface area contributed by atoms with Gasteiger partial charge in [0.05, 0.1) is 19.6 Å². The topological polar surface area (TPSA) is 67.9 Å². The van der Waals surface area contributed by atoms with Crippen LogP contribution in [0.3, 0.4) is 0 Å². The van der Waals surface area contributed by atoms with E-state index >= 15 is 0 Å². The van der Waals surface area contributed by atoms with Gasteiger partial charge in [-0.3, -0.25) is 4.79 Å². The lowest BCUT2D eigenvalue weighted by Gasteiger charge is -2.27. The molecule has 0 saturated heterocycles. The van der Waals surface area contributed by atoms with Gasteiger partial charge < -0.3 is 19.7 Å². The molecule has 1 aromatic carbocycles. The Kier molecular flexibility index (Phi) is 9.29. The summed E-state index contributed by atoms with van der Waals surface area (Å²) in [7, 11) is 0. The van der Waals surface area contributed by atoms with Crippen LogP contribution in [0.25, 0.3) is 0 Å². The van der Waals surface area contributed by atoms with Gasteiger partial charge in [0.15, 0.2) is 0 Å². The summed E-state index contributed by atoms with van der Waals surface area (Å²) >= 11 is 0. The minimum atomic E-state index is -0.547. The number of hydrogen-bond donors (Lipinski definition) is 1. The van der Waals surface area contributed by atoms with Crippen LogP contribution in [0.5, 0.6) is 0 Å². The van der Waals surface area contributed by atoms with Crippen molar-refractivity contribution < 1.29 is 19.1 Å². The Morgan fingerprint density at radius 2 is 1.85 bits per heavy atom. The van der Waals surface area contributed by atoms with Gasteiger partial charge in [-0.2, -0.15) is 0 Å². The number of carbonyl (C=O) groups is 2. The van der Waals surface area contributed by atoms with Crippen LogP contribution in [0.4, 0.5) is 10.5 Å². The summed E-state index contributed by atoms with van der Waals surface area (Å²) in [6.45, 7) is 13.5. The van der Waals surface area contributed by atoms with Crippen LogP contribution >= 0.6 is 0 Å². The first-order valence-corrected chi connectivity index (χ1v) is 9.55. The fourth-order valence-electron chi connectivity index (χ4n) is 2.31. The van der Waals surface area contributed by atoms with Gasteiger partial charge in [-0.1, -0.05) is 32.0 Å². The number of anilines is 1. The zero-order valence-corrected chi connectivity index (χ0v) is 17.5. The van der Waals surface area contributed by atoms with Gasteiger partial charge in [-0.05, 0) is 45.2 Å². The molecule has 1 aromatic rings. The smallest absolute Gasteiger partial charge is 0.410 e. The third kappa shape index (κ3) is 9.43. The minimum absolute atomic E-state index is 0.105. The summed E-state index contributed by atoms with van der Waals surface area (Å²) in [4.78, 5) is 26.2. The van der Waals surface area contributed by atoms with Crippen molar-refractivity contribution in [3.63, 3.8) is 0 Å². The van der Waals surface area contributed by atoms with Crippen LogP contribution in [0.15, 0.2) is 24.3 Å². The largest absolute Gasteiger partial charge is 0.444 e. The number of benzene rings is 1. The molecule has 0 spiro atoms. The second kappa shape index (κ2) is 10.9. The molecule has 1 N–H and O–H groups in total. The van der Waals surface area contributed by atoms with Crippen molar-refractivity contribution in [2.75, 3.05) is 25.1 Å². The average molecular weight is 379 g/mol. The van der Waals surface area contributed by atoms with E-state index in [9.17, 15) is 9.59 Å². The van der Waals surface area contributed by atoms with Gasteiger partial charge in [-0.15, -0.1) is 0 Å². The monoisotopic (exact) mass is 378 g/mol. The Balaban J connectivity index is 2.69. The first kappa shape index (κ1) is 23.0. The maximum absolute atomic E-state index is 12.4. The molecule has 0 aliphatic carbocycles. The van der Waals surface area contributed by atoms with Gasteiger partial charge in [0, 0.05) is 18.8 Å². The maximum atomic E-state index is 12.4. The van der Waals surface area contributed by atoms with Crippen molar-refractivity contribution >= 4 is 17.7 Å². The molecule has 0 unspecified atom stereocenters. The summed E-state index contributed by atoms with van der Waals surface area (Å²) in [5.74, 6) is 0.341. The molecule has 2 amide bonds. The Bertz CT molecular complexity index is 608. The van der Waals surface area contributed by atoms with Crippen LogP contribution in [-0.4, -0.2) is 42.3 Å². The van der Waals surface area contributed by atoms with Crippen LogP contribution in [0.1, 0.15) is 53.5 Å². The lowest BCUT2D eigenvalue weighted by atomic mass is 10.1. The van der Waals surface area contributed by atoms with E-state index in [1.54, 1.807) is 4.90 Å². The van der Waals surface area contributed by atoms with E-state index in [0.29, 0.717) is 44.3 Å². The highest BCUT2D eigenvalue weighted by atomic mass is 16.6. The van der Waals surface area contributed by atoms with Gasteiger partial charge in [0.25, 0.3) is 0 Å².